The van der Waals surface area contributed by atoms with Crippen molar-refractivity contribution >= 4 is 23.2 Å². The van der Waals surface area contributed by atoms with Gasteiger partial charge in [-0.3, -0.25) is 0 Å². The predicted octanol–water partition coefficient (Wildman–Crippen LogP) is 4.60. The fourth-order valence-electron chi connectivity index (χ4n) is 3.37. The van der Waals surface area contributed by atoms with Gasteiger partial charge in [0.1, 0.15) is 18.0 Å². The van der Waals surface area contributed by atoms with Crippen LogP contribution in [0, 0.1) is 0 Å². The highest BCUT2D eigenvalue weighted by molar-refractivity contribution is 6.28. The molecule has 2 heterocycles. The summed E-state index contributed by atoms with van der Waals surface area (Å²) < 4.78 is 18.1. The maximum absolute atomic E-state index is 6.06. The summed E-state index contributed by atoms with van der Waals surface area (Å²) in [6.45, 7) is 4.00. The normalized spacial score (nSPS) is 11.9. The quantitative estimate of drug-likeness (QED) is 0.571. The molecule has 9 heteroatoms. The number of aromatic nitrogens is 4. The fraction of sp³-hybridized carbons (Fsp3) is 0.381. The van der Waals surface area contributed by atoms with Crippen LogP contribution >= 0.6 is 11.6 Å². The molecule has 0 aliphatic heterocycles. The van der Waals surface area contributed by atoms with Gasteiger partial charge in [0.15, 0.2) is 11.5 Å². The topological polar surface area (TPSA) is 83.3 Å². The van der Waals surface area contributed by atoms with Crippen molar-refractivity contribution < 1.29 is 14.2 Å². The first-order chi connectivity index (χ1) is 14.6. The molecule has 1 N–H and O–H groups in total. The van der Waals surface area contributed by atoms with Gasteiger partial charge in [0, 0.05) is 17.7 Å². The van der Waals surface area contributed by atoms with Gasteiger partial charge in [0.05, 0.1) is 38.9 Å². The number of nitrogens with one attached hydrogen (secondary N) is 1. The lowest BCUT2D eigenvalue weighted by Crippen LogP contribution is -2.02. The number of anilines is 2. The molecule has 0 unspecified atom stereocenters. The van der Waals surface area contributed by atoms with Gasteiger partial charge < -0.3 is 24.1 Å². The molecule has 0 atom stereocenters. The zero-order chi connectivity index (χ0) is 21.7. The summed E-state index contributed by atoms with van der Waals surface area (Å²) in [5.74, 6) is 3.04. The molecule has 1 aliphatic rings. The molecule has 1 aromatic carbocycles. The number of ether oxygens (including phenoxy) is 3. The van der Waals surface area contributed by atoms with Gasteiger partial charge in [-0.1, -0.05) is 13.8 Å². The van der Waals surface area contributed by atoms with Crippen molar-refractivity contribution in [1.29, 1.82) is 0 Å². The molecule has 0 saturated heterocycles. The minimum Gasteiger partial charge on any atom is -0.493 e. The molecule has 3 aromatic rings. The van der Waals surface area contributed by atoms with Crippen molar-refractivity contribution in [3.05, 3.63) is 41.2 Å². The summed E-state index contributed by atoms with van der Waals surface area (Å²) in [5, 5.41) is 3.50. The van der Waals surface area contributed by atoms with Crippen molar-refractivity contribution in [1.82, 2.24) is 19.5 Å². The smallest absolute Gasteiger partial charge is 0.224 e. The standard InChI is InChI=1S/C19H20ClN5O3.C2H6/c1-26-14-7-11(8-15(27-2)17(14)28-3)25-9-16(21-10-25)23-18-12-5-4-6-13(12)22-19(20)24-18;1-2/h7-10H,4-6H2,1-3H3,(H,22,23,24);1-2H3. The van der Waals surface area contributed by atoms with Gasteiger partial charge in [-0.15, -0.1) is 0 Å². The van der Waals surface area contributed by atoms with E-state index in [9.17, 15) is 0 Å². The Morgan fingerprint density at radius 1 is 1.00 bits per heavy atom. The number of hydrogen-bond donors (Lipinski definition) is 1. The van der Waals surface area contributed by atoms with E-state index in [4.69, 9.17) is 25.8 Å². The molecule has 2 aromatic heterocycles. The summed E-state index contributed by atoms with van der Waals surface area (Å²) in [4.78, 5) is 13.1. The Labute approximate surface area is 181 Å². The SMILES string of the molecule is CC.COc1cc(-n2cnc(Nc3nc(Cl)nc4c3CCC4)c2)cc(OC)c1OC. The van der Waals surface area contributed by atoms with E-state index in [0.717, 1.165) is 36.2 Å². The summed E-state index contributed by atoms with van der Waals surface area (Å²) in [6.07, 6.45) is 6.47. The van der Waals surface area contributed by atoms with E-state index in [1.807, 2.05) is 36.7 Å². The molecular formula is C21H26ClN5O3. The number of benzene rings is 1. The highest BCUT2D eigenvalue weighted by atomic mass is 35.5. The highest BCUT2D eigenvalue weighted by Gasteiger charge is 2.20. The van der Waals surface area contributed by atoms with Crippen LogP contribution in [-0.4, -0.2) is 40.8 Å². The van der Waals surface area contributed by atoms with Crippen LogP contribution in [0.15, 0.2) is 24.7 Å². The second kappa shape index (κ2) is 9.67. The number of methoxy groups -OCH3 is 3. The van der Waals surface area contributed by atoms with Crippen molar-refractivity contribution in [3.8, 4) is 22.9 Å². The second-order valence-electron chi connectivity index (χ2n) is 6.29. The Balaban J connectivity index is 0.00000124. The van der Waals surface area contributed by atoms with Crippen LogP contribution in [-0.2, 0) is 12.8 Å². The number of fused-ring (bicyclic) bond motifs is 1. The number of nitrogens with zero attached hydrogens (tertiary/aromatic N) is 4. The van der Waals surface area contributed by atoms with Crippen LogP contribution in [0.4, 0.5) is 11.6 Å². The maximum atomic E-state index is 6.06. The van der Waals surface area contributed by atoms with Crippen LogP contribution in [0.2, 0.25) is 5.28 Å². The van der Waals surface area contributed by atoms with Crippen LogP contribution in [0.5, 0.6) is 17.2 Å². The zero-order valence-electron chi connectivity index (χ0n) is 17.8. The number of halogens is 1. The van der Waals surface area contributed by atoms with Crippen molar-refractivity contribution in [2.24, 2.45) is 0 Å². The number of imidazole rings is 1. The van der Waals surface area contributed by atoms with Crippen LogP contribution in [0.25, 0.3) is 5.69 Å². The van der Waals surface area contributed by atoms with Gasteiger partial charge in [0.25, 0.3) is 0 Å². The lowest BCUT2D eigenvalue weighted by atomic mass is 10.2. The zero-order valence-corrected chi connectivity index (χ0v) is 18.6. The number of aryl methyl sites for hydroxylation is 1. The molecule has 4 rings (SSSR count). The van der Waals surface area contributed by atoms with Crippen LogP contribution in [0.1, 0.15) is 31.5 Å². The van der Waals surface area contributed by atoms with E-state index < -0.39 is 0 Å². The molecular weight excluding hydrogens is 406 g/mol. The first-order valence-corrected chi connectivity index (χ1v) is 10.2. The van der Waals surface area contributed by atoms with E-state index in [2.05, 4.69) is 20.3 Å². The summed E-state index contributed by atoms with van der Waals surface area (Å²) in [6, 6.07) is 3.71. The van der Waals surface area contributed by atoms with Crippen LogP contribution < -0.4 is 19.5 Å². The summed E-state index contributed by atoms with van der Waals surface area (Å²) >= 11 is 6.06. The van der Waals surface area contributed by atoms with Gasteiger partial charge in [-0.25, -0.2) is 15.0 Å². The lowest BCUT2D eigenvalue weighted by molar-refractivity contribution is 0.324. The first-order valence-electron chi connectivity index (χ1n) is 9.79. The van der Waals surface area contributed by atoms with E-state index in [0.29, 0.717) is 28.9 Å². The second-order valence-corrected chi connectivity index (χ2v) is 6.63. The van der Waals surface area contributed by atoms with Crippen LogP contribution in [0.3, 0.4) is 0 Å². The first kappa shape index (κ1) is 21.7. The van der Waals surface area contributed by atoms with E-state index in [1.165, 1.54) is 0 Å². The number of rotatable bonds is 6. The molecule has 0 fully saturated rings. The summed E-state index contributed by atoms with van der Waals surface area (Å²) in [5.41, 5.74) is 2.93. The average molecular weight is 432 g/mol. The molecule has 0 radical (unpaired) electrons. The van der Waals surface area contributed by atoms with Gasteiger partial charge in [-0.2, -0.15) is 0 Å². The summed E-state index contributed by atoms with van der Waals surface area (Å²) in [7, 11) is 4.74. The maximum Gasteiger partial charge on any atom is 0.224 e. The van der Waals surface area contributed by atoms with Gasteiger partial charge in [0.2, 0.25) is 11.0 Å². The Kier molecular flexibility index (Phi) is 6.99. The fourth-order valence-corrected chi connectivity index (χ4v) is 3.56. The molecule has 30 heavy (non-hydrogen) atoms. The Hall–Kier alpha value is -3.00. The molecule has 160 valence electrons. The largest absolute Gasteiger partial charge is 0.493 e. The minimum absolute atomic E-state index is 0.243. The average Bonchev–Trinajstić information content (AvgIpc) is 3.43. The number of hydrogen-bond acceptors (Lipinski definition) is 7. The third-order valence-corrected chi connectivity index (χ3v) is 4.85. The van der Waals surface area contributed by atoms with Gasteiger partial charge >= 0.3 is 0 Å². The Morgan fingerprint density at radius 3 is 2.33 bits per heavy atom. The van der Waals surface area contributed by atoms with Gasteiger partial charge in [-0.05, 0) is 30.9 Å². The molecule has 0 saturated carbocycles. The molecule has 0 spiro atoms. The predicted molar refractivity (Wildman–Crippen MR) is 117 cm³/mol. The Morgan fingerprint density at radius 2 is 1.70 bits per heavy atom. The van der Waals surface area contributed by atoms with Crippen molar-refractivity contribution in [2.45, 2.75) is 33.1 Å². The molecule has 8 nitrogen and oxygen atoms in total. The molecule has 1 aliphatic carbocycles. The van der Waals surface area contributed by atoms with E-state index in [-0.39, 0.29) is 5.28 Å². The van der Waals surface area contributed by atoms with Crippen molar-refractivity contribution in [3.63, 3.8) is 0 Å². The van der Waals surface area contributed by atoms with E-state index in [1.54, 1.807) is 27.7 Å². The molecule has 0 amide bonds. The minimum atomic E-state index is 0.243. The highest BCUT2D eigenvalue weighted by Crippen LogP contribution is 2.39. The third kappa shape index (κ3) is 4.28. The van der Waals surface area contributed by atoms with E-state index >= 15 is 0 Å². The third-order valence-electron chi connectivity index (χ3n) is 4.68. The lowest BCUT2D eigenvalue weighted by Gasteiger charge is -2.14. The van der Waals surface area contributed by atoms with Crippen molar-refractivity contribution in [2.75, 3.05) is 26.6 Å². The Bertz CT molecular complexity index is 997. The monoisotopic (exact) mass is 431 g/mol. The molecule has 0 bridgehead atoms.